The van der Waals surface area contributed by atoms with E-state index in [1.807, 2.05) is 0 Å². The van der Waals surface area contributed by atoms with Gasteiger partial charge in [0.2, 0.25) is 6.79 Å². The molecule has 0 unspecified atom stereocenters. The highest BCUT2D eigenvalue weighted by atomic mass is 16.7. The van der Waals surface area contributed by atoms with Crippen LogP contribution in [0.4, 0.5) is 0 Å². The monoisotopic (exact) mass is 397 g/mol. The second-order valence-corrected chi connectivity index (χ2v) is 7.88. The van der Waals surface area contributed by atoms with Crippen molar-refractivity contribution >= 4 is 0 Å². The van der Waals surface area contributed by atoms with Crippen molar-refractivity contribution in [3.05, 3.63) is 46.5 Å². The number of methoxy groups -OCH3 is 1. The number of benzene rings is 2. The summed E-state index contributed by atoms with van der Waals surface area (Å²) < 4.78 is 22.7. The molecule has 3 aliphatic heterocycles. The van der Waals surface area contributed by atoms with Crippen molar-refractivity contribution in [1.82, 2.24) is 4.90 Å². The first kappa shape index (κ1) is 18.6. The number of nitrogens with zero attached hydrogens (tertiary/aromatic N) is 1. The van der Waals surface area contributed by atoms with Crippen LogP contribution in [0, 0.1) is 0 Å². The minimum Gasteiger partial charge on any atom is -0.493 e. The lowest BCUT2D eigenvalue weighted by Gasteiger charge is -2.36. The van der Waals surface area contributed by atoms with Gasteiger partial charge in [-0.15, -0.1) is 0 Å². The first-order valence-corrected chi connectivity index (χ1v) is 10.4. The van der Waals surface area contributed by atoms with E-state index in [9.17, 15) is 0 Å². The molecule has 3 heterocycles. The second kappa shape index (κ2) is 7.76. The minimum absolute atomic E-state index is 0.127. The summed E-state index contributed by atoms with van der Waals surface area (Å²) in [6, 6.07) is 8.99. The van der Waals surface area contributed by atoms with Crippen LogP contribution in [0.5, 0.6) is 23.0 Å². The van der Waals surface area contributed by atoms with Crippen LogP contribution in [0.25, 0.3) is 0 Å². The van der Waals surface area contributed by atoms with Crippen LogP contribution in [-0.2, 0) is 19.4 Å². The maximum atomic E-state index is 9.02. The van der Waals surface area contributed by atoms with Gasteiger partial charge in [0.15, 0.2) is 23.0 Å². The molecular weight excluding hydrogens is 370 g/mol. The molecule has 3 aliphatic rings. The van der Waals surface area contributed by atoms with E-state index in [1.54, 1.807) is 7.11 Å². The first-order valence-electron chi connectivity index (χ1n) is 10.4. The molecule has 0 saturated carbocycles. The Labute approximate surface area is 170 Å². The Bertz CT molecular complexity index is 913. The molecule has 0 radical (unpaired) electrons. The zero-order valence-corrected chi connectivity index (χ0v) is 16.8. The van der Waals surface area contributed by atoms with E-state index in [2.05, 4.69) is 29.2 Å². The summed E-state index contributed by atoms with van der Waals surface area (Å²) in [6.45, 7) is 2.87. The number of aryl methyl sites for hydroxylation is 1. The van der Waals surface area contributed by atoms with Crippen LogP contribution < -0.4 is 18.9 Å². The number of aliphatic hydroxyl groups excluding tert-OH is 1. The Hall–Kier alpha value is -2.44. The summed E-state index contributed by atoms with van der Waals surface area (Å²) in [5, 5.41) is 9.02. The zero-order valence-electron chi connectivity index (χ0n) is 16.8. The maximum absolute atomic E-state index is 9.02. The van der Waals surface area contributed by atoms with Gasteiger partial charge >= 0.3 is 0 Å². The van der Waals surface area contributed by atoms with Gasteiger partial charge in [-0.25, -0.2) is 0 Å². The molecule has 2 aromatic carbocycles. The summed E-state index contributed by atoms with van der Waals surface area (Å²) in [7, 11) is 1.68. The summed E-state index contributed by atoms with van der Waals surface area (Å²) in [5.41, 5.74) is 5.39. The number of hydrogen-bond donors (Lipinski definition) is 1. The van der Waals surface area contributed by atoms with E-state index in [1.165, 1.54) is 22.3 Å². The third-order valence-corrected chi connectivity index (χ3v) is 6.21. The first-order chi connectivity index (χ1) is 14.3. The van der Waals surface area contributed by atoms with Crippen molar-refractivity contribution in [3.8, 4) is 23.0 Å². The molecule has 1 N–H and O–H groups in total. The van der Waals surface area contributed by atoms with Gasteiger partial charge in [0, 0.05) is 32.2 Å². The van der Waals surface area contributed by atoms with Crippen molar-refractivity contribution in [2.24, 2.45) is 0 Å². The Morgan fingerprint density at radius 3 is 2.69 bits per heavy atom. The number of hydrogen-bond acceptors (Lipinski definition) is 6. The van der Waals surface area contributed by atoms with Crippen LogP contribution in [0.15, 0.2) is 24.3 Å². The molecule has 0 aromatic heterocycles. The van der Waals surface area contributed by atoms with Gasteiger partial charge in [0.1, 0.15) is 0 Å². The summed E-state index contributed by atoms with van der Waals surface area (Å²) in [5.74, 6) is 3.28. The molecule has 6 nitrogen and oxygen atoms in total. The van der Waals surface area contributed by atoms with Gasteiger partial charge in [0.05, 0.1) is 13.7 Å². The average Bonchev–Trinajstić information content (AvgIpc) is 3.11. The van der Waals surface area contributed by atoms with Crippen LogP contribution in [0.3, 0.4) is 0 Å². The number of aliphatic hydroxyl groups is 1. The van der Waals surface area contributed by atoms with Gasteiger partial charge in [-0.1, -0.05) is 0 Å². The van der Waals surface area contributed by atoms with Crippen molar-refractivity contribution in [2.75, 3.05) is 33.7 Å². The quantitative estimate of drug-likeness (QED) is 0.782. The van der Waals surface area contributed by atoms with Crippen LogP contribution >= 0.6 is 0 Å². The number of rotatable bonds is 5. The van der Waals surface area contributed by atoms with E-state index in [4.69, 9.17) is 24.1 Å². The van der Waals surface area contributed by atoms with Crippen LogP contribution in [0.1, 0.15) is 41.1 Å². The lowest BCUT2D eigenvalue weighted by atomic mass is 9.89. The fourth-order valence-corrected chi connectivity index (χ4v) is 4.72. The molecule has 1 atom stereocenters. The normalized spacial score (nSPS) is 19.7. The lowest BCUT2D eigenvalue weighted by Crippen LogP contribution is -2.34. The van der Waals surface area contributed by atoms with Gasteiger partial charge < -0.3 is 24.1 Å². The molecule has 6 heteroatoms. The van der Waals surface area contributed by atoms with Crippen molar-refractivity contribution in [2.45, 2.75) is 38.3 Å². The standard InChI is InChI=1S/C23H27NO5/c1-26-20-11-17-13-24-6-5-16-10-22-23(29-14-28-22)12-18(16)19(24)4-3-15(17)9-21(20)27-8-2-7-25/h9-12,19,25H,2-8,13-14H2,1H3/t19-/m0/s1. The molecule has 0 spiro atoms. The summed E-state index contributed by atoms with van der Waals surface area (Å²) in [4.78, 5) is 2.57. The Kier molecular flexibility index (Phi) is 4.97. The molecule has 0 amide bonds. The molecule has 2 aromatic rings. The molecule has 0 bridgehead atoms. The summed E-state index contributed by atoms with van der Waals surface area (Å²) in [6.07, 6.45) is 3.69. The van der Waals surface area contributed by atoms with Crippen molar-refractivity contribution < 1.29 is 24.1 Å². The van der Waals surface area contributed by atoms with Gasteiger partial charge in [-0.3, -0.25) is 4.90 Å². The molecular formula is C23H27NO5. The Balaban J connectivity index is 1.44. The summed E-state index contributed by atoms with van der Waals surface area (Å²) >= 11 is 0. The lowest BCUT2D eigenvalue weighted by molar-refractivity contribution is 0.172. The van der Waals surface area contributed by atoms with Crippen molar-refractivity contribution in [3.63, 3.8) is 0 Å². The third kappa shape index (κ3) is 3.40. The highest BCUT2D eigenvalue weighted by Crippen LogP contribution is 2.44. The van der Waals surface area contributed by atoms with E-state index >= 15 is 0 Å². The van der Waals surface area contributed by atoms with Crippen LogP contribution in [0.2, 0.25) is 0 Å². The third-order valence-electron chi connectivity index (χ3n) is 6.21. The molecule has 0 saturated heterocycles. The fraction of sp³-hybridized carbons (Fsp3) is 0.478. The van der Waals surface area contributed by atoms with Gasteiger partial charge in [0.25, 0.3) is 0 Å². The van der Waals surface area contributed by atoms with Gasteiger partial charge in [-0.05, 0) is 65.8 Å². The van der Waals surface area contributed by atoms with E-state index in [0.717, 1.165) is 55.4 Å². The largest absolute Gasteiger partial charge is 0.493 e. The smallest absolute Gasteiger partial charge is 0.231 e. The molecule has 154 valence electrons. The molecule has 0 fully saturated rings. The predicted molar refractivity (Wildman–Crippen MR) is 108 cm³/mol. The maximum Gasteiger partial charge on any atom is 0.231 e. The fourth-order valence-electron chi connectivity index (χ4n) is 4.72. The molecule has 0 aliphatic carbocycles. The molecule has 5 rings (SSSR count). The predicted octanol–water partition coefficient (Wildman–Crippen LogP) is 3.23. The Morgan fingerprint density at radius 2 is 1.86 bits per heavy atom. The van der Waals surface area contributed by atoms with Gasteiger partial charge in [-0.2, -0.15) is 0 Å². The number of ether oxygens (including phenoxy) is 4. The molecule has 29 heavy (non-hydrogen) atoms. The van der Waals surface area contributed by atoms with Crippen LogP contribution in [-0.4, -0.2) is 43.7 Å². The Morgan fingerprint density at radius 1 is 1.03 bits per heavy atom. The van der Waals surface area contributed by atoms with E-state index in [-0.39, 0.29) is 6.61 Å². The zero-order chi connectivity index (χ0) is 19.8. The van der Waals surface area contributed by atoms with E-state index < -0.39 is 0 Å². The minimum atomic E-state index is 0.127. The highest BCUT2D eigenvalue weighted by molar-refractivity contribution is 5.52. The SMILES string of the molecule is COc1cc2c(cc1OCCCO)CC[C@H]1c3cc4c(cc3CCN1C2)OCO4. The number of fused-ring (bicyclic) bond motifs is 5. The second-order valence-electron chi connectivity index (χ2n) is 7.88. The van der Waals surface area contributed by atoms with Crippen molar-refractivity contribution in [1.29, 1.82) is 0 Å². The highest BCUT2D eigenvalue weighted by Gasteiger charge is 2.32. The topological polar surface area (TPSA) is 60.4 Å². The average molecular weight is 397 g/mol. The van der Waals surface area contributed by atoms with E-state index in [0.29, 0.717) is 25.9 Å².